The predicted octanol–water partition coefficient (Wildman–Crippen LogP) is 1.90. The molecule has 1 saturated heterocycles. The minimum Gasteiger partial charge on any atom is -0.378 e. The van der Waals surface area contributed by atoms with Crippen molar-refractivity contribution in [3.8, 4) is 0 Å². The molecule has 0 radical (unpaired) electrons. The molecule has 0 aliphatic carbocycles. The number of nitrogens with one attached hydrogen (secondary N) is 1. The quantitative estimate of drug-likeness (QED) is 0.835. The van der Waals surface area contributed by atoms with E-state index in [1.807, 2.05) is 6.92 Å². The number of halogens is 1. The number of hydrogen-bond donors (Lipinski definition) is 1. The van der Waals surface area contributed by atoms with E-state index in [1.165, 1.54) is 6.33 Å². The molecule has 1 aliphatic rings. The molecule has 0 saturated carbocycles. The van der Waals surface area contributed by atoms with Crippen molar-refractivity contribution in [2.45, 2.75) is 38.8 Å². The highest BCUT2D eigenvalue weighted by Crippen LogP contribution is 2.19. The molecule has 1 aromatic heterocycles. The molecule has 1 aromatic rings. The molecule has 1 aliphatic heterocycles. The van der Waals surface area contributed by atoms with Gasteiger partial charge in [-0.05, 0) is 26.7 Å². The maximum atomic E-state index is 13.6. The van der Waals surface area contributed by atoms with Crippen molar-refractivity contribution in [2.24, 2.45) is 0 Å². The van der Waals surface area contributed by atoms with Crippen molar-refractivity contribution in [1.29, 1.82) is 0 Å². The molecule has 0 bridgehead atoms. The Bertz CT molecular complexity index is 372. The zero-order valence-electron chi connectivity index (χ0n) is 9.53. The average Bonchev–Trinajstić information content (AvgIpc) is 2.25. The predicted molar refractivity (Wildman–Crippen MR) is 58.8 cm³/mol. The van der Waals surface area contributed by atoms with Gasteiger partial charge in [0.1, 0.15) is 6.33 Å². The molecular formula is C11H16FN3O. The van der Waals surface area contributed by atoms with Crippen LogP contribution in [0.2, 0.25) is 0 Å². The van der Waals surface area contributed by atoms with E-state index in [1.54, 1.807) is 6.92 Å². The van der Waals surface area contributed by atoms with E-state index in [4.69, 9.17) is 4.74 Å². The van der Waals surface area contributed by atoms with Crippen LogP contribution >= 0.6 is 0 Å². The fourth-order valence-electron chi connectivity index (χ4n) is 1.88. The summed E-state index contributed by atoms with van der Waals surface area (Å²) < 4.78 is 19.1. The Labute approximate surface area is 94.2 Å². The number of nitrogens with zero attached hydrogens (tertiary/aromatic N) is 2. The number of hydrogen-bond acceptors (Lipinski definition) is 4. The first-order chi connectivity index (χ1) is 7.66. The normalized spacial score (nSPS) is 25.4. The molecule has 2 unspecified atom stereocenters. The molecular weight excluding hydrogens is 209 g/mol. The van der Waals surface area contributed by atoms with Gasteiger partial charge >= 0.3 is 0 Å². The molecule has 4 nitrogen and oxygen atoms in total. The van der Waals surface area contributed by atoms with Crippen molar-refractivity contribution < 1.29 is 9.13 Å². The summed E-state index contributed by atoms with van der Waals surface area (Å²) in [4.78, 5) is 7.72. The lowest BCUT2D eigenvalue weighted by molar-refractivity contribution is 0.0231. The van der Waals surface area contributed by atoms with Crippen LogP contribution in [0.15, 0.2) is 6.33 Å². The summed E-state index contributed by atoms with van der Waals surface area (Å²) in [5.41, 5.74) is 0.373. The molecule has 1 fully saturated rings. The molecule has 5 heteroatoms. The lowest BCUT2D eigenvalue weighted by atomic mass is 10.0. The van der Waals surface area contributed by atoms with Gasteiger partial charge in [-0.3, -0.25) is 0 Å². The topological polar surface area (TPSA) is 47.0 Å². The van der Waals surface area contributed by atoms with Gasteiger partial charge in [-0.15, -0.1) is 0 Å². The summed E-state index contributed by atoms with van der Waals surface area (Å²) in [6.07, 6.45) is 3.36. The second-order valence-electron chi connectivity index (χ2n) is 4.17. The summed E-state index contributed by atoms with van der Waals surface area (Å²) >= 11 is 0. The maximum absolute atomic E-state index is 13.6. The molecule has 2 rings (SSSR count). The number of ether oxygens (including phenoxy) is 1. The summed E-state index contributed by atoms with van der Waals surface area (Å²) in [5.74, 6) is -0.0618. The monoisotopic (exact) mass is 225 g/mol. The Balaban J connectivity index is 2.05. The Morgan fingerprint density at radius 2 is 2.31 bits per heavy atom. The molecule has 16 heavy (non-hydrogen) atoms. The van der Waals surface area contributed by atoms with Gasteiger partial charge in [-0.1, -0.05) is 0 Å². The minimum absolute atomic E-state index is 0.220. The lowest BCUT2D eigenvalue weighted by Crippen LogP contribution is -2.33. The Hall–Kier alpha value is -1.23. The van der Waals surface area contributed by atoms with E-state index in [-0.39, 0.29) is 18.0 Å². The van der Waals surface area contributed by atoms with Crippen molar-refractivity contribution in [3.05, 3.63) is 17.8 Å². The maximum Gasteiger partial charge on any atom is 0.186 e. The highest BCUT2D eigenvalue weighted by molar-refractivity contribution is 5.38. The number of aryl methyl sites for hydroxylation is 1. The fourth-order valence-corrected chi connectivity index (χ4v) is 1.88. The van der Waals surface area contributed by atoms with Crippen LogP contribution in [0.5, 0.6) is 0 Å². The van der Waals surface area contributed by atoms with E-state index >= 15 is 0 Å². The highest BCUT2D eigenvalue weighted by atomic mass is 19.1. The molecule has 2 atom stereocenters. The molecule has 0 amide bonds. The van der Waals surface area contributed by atoms with Gasteiger partial charge in [-0.2, -0.15) is 0 Å². The van der Waals surface area contributed by atoms with E-state index in [0.717, 1.165) is 12.8 Å². The van der Waals surface area contributed by atoms with Gasteiger partial charge in [0.25, 0.3) is 0 Å². The average molecular weight is 225 g/mol. The van der Waals surface area contributed by atoms with E-state index < -0.39 is 0 Å². The first-order valence-electron chi connectivity index (χ1n) is 5.52. The molecule has 88 valence electrons. The van der Waals surface area contributed by atoms with Crippen LogP contribution in [0.3, 0.4) is 0 Å². The van der Waals surface area contributed by atoms with Crippen molar-refractivity contribution >= 4 is 5.82 Å². The summed E-state index contributed by atoms with van der Waals surface area (Å²) in [7, 11) is 0. The van der Waals surface area contributed by atoms with Crippen LogP contribution in [0.1, 0.15) is 25.5 Å². The van der Waals surface area contributed by atoms with Crippen molar-refractivity contribution in [2.75, 3.05) is 11.9 Å². The molecule has 2 heterocycles. The van der Waals surface area contributed by atoms with Gasteiger partial charge in [0, 0.05) is 12.6 Å². The van der Waals surface area contributed by atoms with Crippen LogP contribution < -0.4 is 5.32 Å². The zero-order chi connectivity index (χ0) is 11.5. The number of anilines is 1. The Kier molecular flexibility index (Phi) is 3.33. The van der Waals surface area contributed by atoms with Gasteiger partial charge in [0.2, 0.25) is 0 Å². The van der Waals surface area contributed by atoms with Crippen LogP contribution in [0, 0.1) is 12.7 Å². The van der Waals surface area contributed by atoms with Crippen LogP contribution in [-0.4, -0.2) is 28.7 Å². The van der Waals surface area contributed by atoms with Gasteiger partial charge in [0.15, 0.2) is 11.6 Å². The second kappa shape index (κ2) is 4.74. The van der Waals surface area contributed by atoms with E-state index in [9.17, 15) is 4.39 Å². The fraction of sp³-hybridized carbons (Fsp3) is 0.636. The second-order valence-corrected chi connectivity index (χ2v) is 4.17. The highest BCUT2D eigenvalue weighted by Gasteiger charge is 2.20. The third kappa shape index (κ3) is 2.47. The largest absolute Gasteiger partial charge is 0.378 e. The van der Waals surface area contributed by atoms with Gasteiger partial charge in [0.05, 0.1) is 11.8 Å². The summed E-state index contributed by atoms with van der Waals surface area (Å²) in [6, 6.07) is 0.229. The molecule has 0 spiro atoms. The number of rotatable bonds is 2. The Morgan fingerprint density at radius 1 is 1.50 bits per heavy atom. The zero-order valence-corrected chi connectivity index (χ0v) is 9.53. The van der Waals surface area contributed by atoms with Gasteiger partial charge < -0.3 is 10.1 Å². The molecule has 0 aromatic carbocycles. The number of aromatic nitrogens is 2. The lowest BCUT2D eigenvalue weighted by Gasteiger charge is -2.28. The standard InChI is InChI=1S/C11H16FN3O/c1-7-5-9(3-4-16-7)15-11-10(12)8(2)13-6-14-11/h6-7,9H,3-5H2,1-2H3,(H,13,14,15). The van der Waals surface area contributed by atoms with Crippen LogP contribution in [0.25, 0.3) is 0 Å². The van der Waals surface area contributed by atoms with Gasteiger partial charge in [-0.25, -0.2) is 14.4 Å². The summed E-state index contributed by atoms with van der Waals surface area (Å²) in [5, 5.41) is 3.11. The van der Waals surface area contributed by atoms with E-state index in [0.29, 0.717) is 18.1 Å². The SMILES string of the molecule is Cc1ncnc(NC2CCOC(C)C2)c1F. The van der Waals surface area contributed by atoms with E-state index in [2.05, 4.69) is 15.3 Å². The first-order valence-corrected chi connectivity index (χ1v) is 5.52. The molecule has 1 N–H and O–H groups in total. The smallest absolute Gasteiger partial charge is 0.186 e. The third-order valence-corrected chi connectivity index (χ3v) is 2.79. The summed E-state index contributed by atoms with van der Waals surface area (Å²) in [6.45, 7) is 4.37. The Morgan fingerprint density at radius 3 is 3.06 bits per heavy atom. The van der Waals surface area contributed by atoms with Crippen molar-refractivity contribution in [3.63, 3.8) is 0 Å². The third-order valence-electron chi connectivity index (χ3n) is 2.79. The van der Waals surface area contributed by atoms with Crippen LogP contribution in [-0.2, 0) is 4.74 Å². The minimum atomic E-state index is -0.360. The first kappa shape index (κ1) is 11.3. The van der Waals surface area contributed by atoms with Crippen molar-refractivity contribution in [1.82, 2.24) is 9.97 Å². The van der Waals surface area contributed by atoms with Crippen LogP contribution in [0.4, 0.5) is 10.2 Å².